The predicted octanol–water partition coefficient (Wildman–Crippen LogP) is 4.97. The predicted molar refractivity (Wildman–Crippen MR) is 127 cm³/mol. The Morgan fingerprint density at radius 1 is 1.19 bits per heavy atom. The summed E-state index contributed by atoms with van der Waals surface area (Å²) in [5.41, 5.74) is 3.26. The van der Waals surface area contributed by atoms with E-state index in [-0.39, 0.29) is 17.9 Å². The lowest BCUT2D eigenvalue weighted by atomic mass is 10.1. The molecule has 2 amide bonds. The Balaban J connectivity index is 1.35. The van der Waals surface area contributed by atoms with Crippen LogP contribution in [-0.2, 0) is 0 Å². The van der Waals surface area contributed by atoms with Crippen molar-refractivity contribution in [2.24, 2.45) is 11.8 Å². The number of carbonyl (C=O) groups is 2. The average molecular weight is 466 g/mol. The number of carbonyl (C=O) groups excluding carboxylic acids is 2. The highest BCUT2D eigenvalue weighted by molar-refractivity contribution is 7.15. The molecule has 0 unspecified atom stereocenters. The van der Waals surface area contributed by atoms with E-state index in [9.17, 15) is 9.59 Å². The third-order valence-corrected chi connectivity index (χ3v) is 7.63. The van der Waals surface area contributed by atoms with Crippen LogP contribution < -0.4 is 5.32 Å². The van der Waals surface area contributed by atoms with Crippen molar-refractivity contribution >= 4 is 34.8 Å². The SMILES string of the molecule is Cc1cccc(-c2sc(C)nc2C(=O)N2C[C@H]3C[C@H]3[C@H]2CNC(=O)c2ccc(Cl)cc2)c1. The summed E-state index contributed by atoms with van der Waals surface area (Å²) >= 11 is 7.47. The normalized spacial score (nSPS) is 21.3. The van der Waals surface area contributed by atoms with Crippen LogP contribution in [0.1, 0.15) is 37.8 Å². The number of fused-ring (bicyclic) bond motifs is 1. The van der Waals surface area contributed by atoms with Crippen molar-refractivity contribution in [2.45, 2.75) is 26.3 Å². The fraction of sp³-hybridized carbons (Fsp3) is 0.320. The van der Waals surface area contributed by atoms with Crippen LogP contribution in [0.2, 0.25) is 5.02 Å². The van der Waals surface area contributed by atoms with Gasteiger partial charge in [0, 0.05) is 23.7 Å². The molecule has 32 heavy (non-hydrogen) atoms. The first-order valence-corrected chi connectivity index (χ1v) is 12.0. The minimum Gasteiger partial charge on any atom is -0.350 e. The first-order chi connectivity index (χ1) is 15.4. The van der Waals surface area contributed by atoms with Crippen LogP contribution in [0, 0.1) is 25.7 Å². The molecule has 5 rings (SSSR count). The summed E-state index contributed by atoms with van der Waals surface area (Å²) in [5.74, 6) is 0.789. The molecule has 2 heterocycles. The maximum atomic E-state index is 13.6. The summed E-state index contributed by atoms with van der Waals surface area (Å²) in [5, 5.41) is 4.49. The van der Waals surface area contributed by atoms with Gasteiger partial charge in [-0.1, -0.05) is 41.4 Å². The maximum Gasteiger partial charge on any atom is 0.274 e. The van der Waals surface area contributed by atoms with Gasteiger partial charge in [-0.05, 0) is 61.9 Å². The molecular formula is C25H24ClN3O2S. The van der Waals surface area contributed by atoms with Crippen molar-refractivity contribution in [3.05, 3.63) is 75.4 Å². The molecule has 3 atom stereocenters. The van der Waals surface area contributed by atoms with E-state index in [0.717, 1.165) is 34.0 Å². The van der Waals surface area contributed by atoms with E-state index in [0.29, 0.717) is 34.7 Å². The van der Waals surface area contributed by atoms with Crippen molar-refractivity contribution in [1.29, 1.82) is 0 Å². The van der Waals surface area contributed by atoms with E-state index in [1.165, 1.54) is 0 Å². The number of nitrogens with one attached hydrogen (secondary N) is 1. The van der Waals surface area contributed by atoms with Gasteiger partial charge in [0.2, 0.25) is 0 Å². The summed E-state index contributed by atoms with van der Waals surface area (Å²) in [7, 11) is 0. The molecule has 2 aromatic carbocycles. The van der Waals surface area contributed by atoms with Gasteiger partial charge in [0.1, 0.15) is 5.69 Å². The lowest BCUT2D eigenvalue weighted by Gasteiger charge is -2.27. The zero-order valence-electron chi connectivity index (χ0n) is 18.0. The smallest absolute Gasteiger partial charge is 0.274 e. The Morgan fingerprint density at radius 3 is 2.72 bits per heavy atom. The van der Waals surface area contributed by atoms with Gasteiger partial charge in [0.25, 0.3) is 11.8 Å². The highest BCUT2D eigenvalue weighted by atomic mass is 35.5. The molecule has 1 aliphatic carbocycles. The Bertz CT molecular complexity index is 1190. The zero-order valence-corrected chi connectivity index (χ0v) is 19.5. The second-order valence-electron chi connectivity index (χ2n) is 8.68. The molecule has 1 saturated carbocycles. The van der Waals surface area contributed by atoms with E-state index in [2.05, 4.69) is 16.4 Å². The number of hydrogen-bond acceptors (Lipinski definition) is 4. The molecule has 5 nitrogen and oxygen atoms in total. The first kappa shape index (κ1) is 21.2. The van der Waals surface area contributed by atoms with Gasteiger partial charge < -0.3 is 10.2 Å². The van der Waals surface area contributed by atoms with Crippen LogP contribution in [0.5, 0.6) is 0 Å². The van der Waals surface area contributed by atoms with Gasteiger partial charge >= 0.3 is 0 Å². The Morgan fingerprint density at radius 2 is 1.97 bits per heavy atom. The summed E-state index contributed by atoms with van der Waals surface area (Å²) < 4.78 is 0. The maximum absolute atomic E-state index is 13.6. The monoisotopic (exact) mass is 465 g/mol. The highest BCUT2D eigenvalue weighted by Crippen LogP contribution is 2.50. The van der Waals surface area contributed by atoms with Gasteiger partial charge in [-0.25, -0.2) is 4.98 Å². The van der Waals surface area contributed by atoms with Crippen LogP contribution in [0.3, 0.4) is 0 Å². The Hall–Kier alpha value is -2.70. The van der Waals surface area contributed by atoms with Crippen LogP contribution in [-0.4, -0.2) is 40.8 Å². The lowest BCUT2D eigenvalue weighted by Crippen LogP contribution is -2.45. The van der Waals surface area contributed by atoms with E-state index >= 15 is 0 Å². The molecule has 0 radical (unpaired) electrons. The summed E-state index contributed by atoms with van der Waals surface area (Å²) in [6.07, 6.45) is 1.12. The first-order valence-electron chi connectivity index (χ1n) is 10.8. The number of thiazole rings is 1. The molecule has 7 heteroatoms. The third-order valence-electron chi connectivity index (χ3n) is 6.36. The minimum atomic E-state index is -0.150. The molecule has 1 saturated heterocycles. The molecule has 2 fully saturated rings. The number of benzene rings is 2. The number of halogens is 1. The van der Waals surface area contributed by atoms with Crippen molar-refractivity contribution in [2.75, 3.05) is 13.1 Å². The number of amides is 2. The van der Waals surface area contributed by atoms with Crippen molar-refractivity contribution < 1.29 is 9.59 Å². The molecule has 3 aromatic rings. The minimum absolute atomic E-state index is 0.00360. The Labute approximate surface area is 196 Å². The van der Waals surface area contributed by atoms with E-state index in [1.807, 2.05) is 36.9 Å². The van der Waals surface area contributed by atoms with Gasteiger partial charge in [-0.15, -0.1) is 11.3 Å². The van der Waals surface area contributed by atoms with Crippen LogP contribution in [0.25, 0.3) is 10.4 Å². The lowest BCUT2D eigenvalue weighted by molar-refractivity contribution is 0.0690. The molecule has 164 valence electrons. The van der Waals surface area contributed by atoms with Gasteiger partial charge in [-0.2, -0.15) is 0 Å². The number of piperidine rings is 1. The standard InChI is InChI=1S/C25H24ClN3O2S/c1-14-4-3-5-17(10-14)23-22(28-15(2)32-23)25(31)29-13-18-11-20(18)21(29)12-27-24(30)16-6-8-19(26)9-7-16/h3-10,18,20-21H,11-13H2,1-2H3,(H,27,30)/t18-,20-,21-/m1/s1. The number of aromatic nitrogens is 1. The highest BCUT2D eigenvalue weighted by Gasteiger charge is 2.54. The van der Waals surface area contributed by atoms with E-state index in [4.69, 9.17) is 11.6 Å². The summed E-state index contributed by atoms with van der Waals surface area (Å²) in [6, 6.07) is 15.0. The molecule has 1 aliphatic heterocycles. The van der Waals surface area contributed by atoms with E-state index in [1.54, 1.807) is 35.6 Å². The Kier molecular flexibility index (Phi) is 5.51. The van der Waals surface area contributed by atoms with Gasteiger partial charge in [0.05, 0.1) is 15.9 Å². The van der Waals surface area contributed by atoms with Gasteiger partial charge in [0.15, 0.2) is 0 Å². The quantitative estimate of drug-likeness (QED) is 0.578. The topological polar surface area (TPSA) is 62.3 Å². The second-order valence-corrected chi connectivity index (χ2v) is 10.3. The summed E-state index contributed by atoms with van der Waals surface area (Å²) in [6.45, 7) is 5.16. The van der Waals surface area contributed by atoms with Crippen molar-refractivity contribution in [3.63, 3.8) is 0 Å². The fourth-order valence-electron chi connectivity index (χ4n) is 4.66. The average Bonchev–Trinajstić information content (AvgIpc) is 3.29. The molecule has 0 bridgehead atoms. The third kappa shape index (κ3) is 4.05. The van der Waals surface area contributed by atoms with Crippen molar-refractivity contribution in [1.82, 2.24) is 15.2 Å². The zero-order chi connectivity index (χ0) is 22.4. The number of nitrogens with zero attached hydrogens (tertiary/aromatic N) is 2. The largest absolute Gasteiger partial charge is 0.350 e. The number of likely N-dealkylation sites (tertiary alicyclic amines) is 1. The molecule has 2 aliphatic rings. The van der Waals surface area contributed by atoms with E-state index < -0.39 is 0 Å². The van der Waals surface area contributed by atoms with Crippen LogP contribution >= 0.6 is 22.9 Å². The second kappa shape index (κ2) is 8.34. The molecule has 1 aromatic heterocycles. The van der Waals surface area contributed by atoms with Gasteiger partial charge in [-0.3, -0.25) is 9.59 Å². The number of aryl methyl sites for hydroxylation is 2. The fourth-order valence-corrected chi connectivity index (χ4v) is 5.69. The number of hydrogen-bond donors (Lipinski definition) is 1. The molecular weight excluding hydrogens is 442 g/mol. The number of rotatable bonds is 5. The van der Waals surface area contributed by atoms with Crippen molar-refractivity contribution in [3.8, 4) is 10.4 Å². The van der Waals surface area contributed by atoms with Crippen LogP contribution in [0.15, 0.2) is 48.5 Å². The molecule has 0 spiro atoms. The summed E-state index contributed by atoms with van der Waals surface area (Å²) in [4.78, 5) is 33.7. The van der Waals surface area contributed by atoms with Crippen LogP contribution in [0.4, 0.5) is 0 Å². The molecule has 1 N–H and O–H groups in total.